The molecule has 9 nitrogen and oxygen atoms in total. The van der Waals surface area contributed by atoms with Crippen molar-refractivity contribution >= 4 is 22.0 Å². The van der Waals surface area contributed by atoms with E-state index in [0.29, 0.717) is 44.3 Å². The standard InChI is InChI=1S/C24H30F3N5O4S/c1-16(18-6-8-20(9-7-18)24(25,26)27)29-22(33)21-5-3-11-32(21)23(34)19-4-2-10-30(15-19)37(35,36)31-13-17(12-28)14-31/h6-9,16-17,19,21H,2-5,10-11,13-15H2,1H3,(H,29,33)/t16-,19+,21-/m1/s1. The summed E-state index contributed by atoms with van der Waals surface area (Å²) in [7, 11) is -3.75. The van der Waals surface area contributed by atoms with Gasteiger partial charge in [0.05, 0.1) is 29.5 Å². The smallest absolute Gasteiger partial charge is 0.348 e. The second kappa shape index (κ2) is 10.6. The van der Waals surface area contributed by atoms with Crippen LogP contribution >= 0.6 is 0 Å². The highest BCUT2D eigenvalue weighted by Crippen LogP contribution is 2.31. The Bertz CT molecular complexity index is 1160. The molecule has 0 bridgehead atoms. The van der Waals surface area contributed by atoms with Crippen LogP contribution in [-0.2, 0) is 26.0 Å². The van der Waals surface area contributed by atoms with Crippen LogP contribution in [0.4, 0.5) is 13.2 Å². The van der Waals surface area contributed by atoms with Gasteiger partial charge in [0, 0.05) is 32.7 Å². The number of benzene rings is 1. The third kappa shape index (κ3) is 5.76. The molecule has 1 N–H and O–H groups in total. The number of piperidine rings is 1. The van der Waals surface area contributed by atoms with Gasteiger partial charge in [0.2, 0.25) is 11.8 Å². The SMILES string of the molecule is C[C@@H](NC(=O)[C@H]1CCCN1C(=O)[C@H]1CCCN(S(=O)(=O)N2CC(C#N)C2)C1)c1ccc(C(F)(F)F)cc1. The first-order chi connectivity index (χ1) is 17.4. The molecular weight excluding hydrogens is 511 g/mol. The van der Waals surface area contributed by atoms with Gasteiger partial charge in [-0.3, -0.25) is 9.59 Å². The zero-order valence-electron chi connectivity index (χ0n) is 20.4. The summed E-state index contributed by atoms with van der Waals surface area (Å²) in [5, 5.41) is 11.7. The van der Waals surface area contributed by atoms with Gasteiger partial charge in [0.15, 0.2) is 0 Å². The molecule has 0 spiro atoms. The molecule has 202 valence electrons. The maximum Gasteiger partial charge on any atom is 0.416 e. The van der Waals surface area contributed by atoms with Crippen molar-refractivity contribution in [1.82, 2.24) is 18.8 Å². The average Bonchev–Trinajstić information content (AvgIpc) is 3.32. The van der Waals surface area contributed by atoms with Crippen LogP contribution in [0, 0.1) is 23.2 Å². The molecule has 3 atom stereocenters. The number of alkyl halides is 3. The lowest BCUT2D eigenvalue weighted by atomic mass is 9.97. The van der Waals surface area contributed by atoms with Crippen LogP contribution < -0.4 is 5.32 Å². The fraction of sp³-hybridized carbons (Fsp3) is 0.625. The Morgan fingerprint density at radius 2 is 1.70 bits per heavy atom. The van der Waals surface area contributed by atoms with Crippen molar-refractivity contribution < 1.29 is 31.2 Å². The minimum Gasteiger partial charge on any atom is -0.348 e. The average molecular weight is 542 g/mol. The maximum atomic E-state index is 13.4. The highest BCUT2D eigenvalue weighted by atomic mass is 32.2. The van der Waals surface area contributed by atoms with Gasteiger partial charge in [0.1, 0.15) is 6.04 Å². The second-order valence-electron chi connectivity index (χ2n) is 9.89. The summed E-state index contributed by atoms with van der Waals surface area (Å²) in [4.78, 5) is 27.9. The molecular formula is C24H30F3N5O4S. The van der Waals surface area contributed by atoms with Crippen molar-refractivity contribution in [3.63, 3.8) is 0 Å². The quantitative estimate of drug-likeness (QED) is 0.594. The molecule has 2 amide bonds. The molecule has 3 heterocycles. The number of halogens is 3. The van der Waals surface area contributed by atoms with Crippen LogP contribution in [0.2, 0.25) is 0 Å². The van der Waals surface area contributed by atoms with E-state index in [2.05, 4.69) is 5.32 Å². The van der Waals surface area contributed by atoms with Crippen molar-refractivity contribution in [2.24, 2.45) is 11.8 Å². The number of amides is 2. The molecule has 0 radical (unpaired) electrons. The van der Waals surface area contributed by atoms with E-state index in [-0.39, 0.29) is 37.4 Å². The first-order valence-corrected chi connectivity index (χ1v) is 13.7. The number of nitrogens with zero attached hydrogens (tertiary/aromatic N) is 4. The van der Waals surface area contributed by atoms with Crippen LogP contribution in [-0.4, -0.2) is 72.5 Å². The van der Waals surface area contributed by atoms with Crippen molar-refractivity contribution in [3.8, 4) is 6.07 Å². The Morgan fingerprint density at radius 3 is 2.32 bits per heavy atom. The molecule has 1 aromatic carbocycles. The van der Waals surface area contributed by atoms with Gasteiger partial charge in [-0.05, 0) is 50.3 Å². The first-order valence-electron chi connectivity index (χ1n) is 12.3. The monoisotopic (exact) mass is 541 g/mol. The molecule has 13 heteroatoms. The van der Waals surface area contributed by atoms with E-state index in [1.54, 1.807) is 6.92 Å². The van der Waals surface area contributed by atoms with Crippen molar-refractivity contribution in [2.45, 2.75) is 50.9 Å². The summed E-state index contributed by atoms with van der Waals surface area (Å²) in [6.07, 6.45) is -2.34. The fourth-order valence-electron chi connectivity index (χ4n) is 5.12. The van der Waals surface area contributed by atoms with Gasteiger partial charge < -0.3 is 10.2 Å². The molecule has 0 saturated carbocycles. The van der Waals surface area contributed by atoms with E-state index in [9.17, 15) is 31.2 Å². The van der Waals surface area contributed by atoms with Gasteiger partial charge in [-0.2, -0.15) is 35.5 Å². The van der Waals surface area contributed by atoms with Gasteiger partial charge in [-0.15, -0.1) is 0 Å². The van der Waals surface area contributed by atoms with Gasteiger partial charge in [-0.25, -0.2) is 0 Å². The minimum absolute atomic E-state index is 0.0294. The molecule has 3 aliphatic rings. The molecule has 3 fully saturated rings. The number of carbonyl (C=O) groups excluding carboxylic acids is 2. The van der Waals surface area contributed by atoms with E-state index in [0.717, 1.165) is 12.1 Å². The summed E-state index contributed by atoms with van der Waals surface area (Å²) in [5.41, 5.74) is -0.264. The predicted octanol–water partition coefficient (Wildman–Crippen LogP) is 2.29. The molecule has 3 saturated heterocycles. The summed E-state index contributed by atoms with van der Waals surface area (Å²) in [5.74, 6) is -1.54. The van der Waals surface area contributed by atoms with E-state index < -0.39 is 40.0 Å². The lowest BCUT2D eigenvalue weighted by Gasteiger charge is -2.41. The first kappa shape index (κ1) is 27.3. The van der Waals surface area contributed by atoms with E-state index in [1.165, 1.54) is 25.6 Å². The van der Waals surface area contributed by atoms with E-state index in [1.807, 2.05) is 6.07 Å². The highest BCUT2D eigenvalue weighted by molar-refractivity contribution is 7.86. The van der Waals surface area contributed by atoms with Gasteiger partial charge >= 0.3 is 6.18 Å². The molecule has 1 aromatic rings. The number of hydrogen-bond donors (Lipinski definition) is 1. The number of rotatable bonds is 6. The number of hydrogen-bond acceptors (Lipinski definition) is 5. The Labute approximate surface area is 214 Å². The molecule has 37 heavy (non-hydrogen) atoms. The summed E-state index contributed by atoms with van der Waals surface area (Å²) < 4.78 is 66.9. The fourth-order valence-corrected chi connectivity index (χ4v) is 6.91. The van der Waals surface area contributed by atoms with Gasteiger partial charge in [-0.1, -0.05) is 12.1 Å². The number of nitriles is 1. The second-order valence-corrected chi connectivity index (χ2v) is 11.8. The number of likely N-dealkylation sites (tertiary alicyclic amines) is 1. The molecule has 0 aromatic heterocycles. The number of carbonyl (C=O) groups is 2. The predicted molar refractivity (Wildman–Crippen MR) is 127 cm³/mol. The lowest BCUT2D eigenvalue weighted by Crippen LogP contribution is -2.57. The minimum atomic E-state index is -4.45. The van der Waals surface area contributed by atoms with E-state index in [4.69, 9.17) is 5.26 Å². The van der Waals surface area contributed by atoms with Crippen LogP contribution in [0.15, 0.2) is 24.3 Å². The van der Waals surface area contributed by atoms with Gasteiger partial charge in [0.25, 0.3) is 10.2 Å². The van der Waals surface area contributed by atoms with Crippen LogP contribution in [0.3, 0.4) is 0 Å². The molecule has 3 aliphatic heterocycles. The van der Waals surface area contributed by atoms with Crippen LogP contribution in [0.5, 0.6) is 0 Å². The normalized spacial score (nSPS) is 24.8. The maximum absolute atomic E-state index is 13.4. The Kier molecular flexibility index (Phi) is 7.83. The zero-order valence-corrected chi connectivity index (χ0v) is 21.3. The third-order valence-corrected chi connectivity index (χ3v) is 9.29. The van der Waals surface area contributed by atoms with Crippen LogP contribution in [0.25, 0.3) is 0 Å². The van der Waals surface area contributed by atoms with E-state index >= 15 is 0 Å². The summed E-state index contributed by atoms with van der Waals surface area (Å²) >= 11 is 0. The zero-order chi connectivity index (χ0) is 27.0. The van der Waals surface area contributed by atoms with Crippen LogP contribution in [0.1, 0.15) is 49.8 Å². The Hall–Kier alpha value is -2.69. The summed E-state index contributed by atoms with van der Waals surface area (Å²) in [6, 6.07) is 5.34. The van der Waals surface area contributed by atoms with Crippen molar-refractivity contribution in [2.75, 3.05) is 32.7 Å². The third-order valence-electron chi connectivity index (χ3n) is 7.35. The number of nitrogens with one attached hydrogen (secondary N) is 1. The van der Waals surface area contributed by atoms with Crippen molar-refractivity contribution in [1.29, 1.82) is 5.26 Å². The van der Waals surface area contributed by atoms with Crippen molar-refractivity contribution in [3.05, 3.63) is 35.4 Å². The summed E-state index contributed by atoms with van der Waals surface area (Å²) in [6.45, 7) is 2.68. The lowest BCUT2D eigenvalue weighted by molar-refractivity contribution is -0.142. The Balaban J connectivity index is 1.37. The molecule has 4 rings (SSSR count). The Morgan fingerprint density at radius 1 is 1.05 bits per heavy atom. The molecule has 0 unspecified atom stereocenters. The largest absolute Gasteiger partial charge is 0.416 e. The topological polar surface area (TPSA) is 114 Å². The molecule has 0 aliphatic carbocycles. The highest BCUT2D eigenvalue weighted by Gasteiger charge is 2.44.